The number of allylic oxidation sites excluding steroid dienone is 1. The monoisotopic (exact) mass is 849 g/mol. The Morgan fingerprint density at radius 1 is 0.950 bits per heavy atom. The molecule has 1 aliphatic heterocycles. The second-order valence-electron chi connectivity index (χ2n) is 22.4. The first kappa shape index (κ1) is 45.3. The van der Waals surface area contributed by atoms with Crippen LogP contribution in [0.15, 0.2) is 35.4 Å². The molecular weight excluding hydrogens is 776 g/mol. The molecule has 0 bridgehead atoms. The Bertz CT molecular complexity index is 1890. The van der Waals surface area contributed by atoms with Crippen LogP contribution in [0.5, 0.6) is 0 Å². The third kappa shape index (κ3) is 7.50. The highest BCUT2D eigenvalue weighted by molar-refractivity contribution is 6.30. The fourth-order valence-electron chi connectivity index (χ4n) is 14.6. The minimum Gasteiger partial charge on any atom is -0.481 e. The summed E-state index contributed by atoms with van der Waals surface area (Å²) in [4.78, 5) is 56.3. The van der Waals surface area contributed by atoms with Gasteiger partial charge < -0.3 is 19.8 Å². The predicted octanol–water partition coefficient (Wildman–Crippen LogP) is 9.52. The van der Waals surface area contributed by atoms with Gasteiger partial charge in [0, 0.05) is 61.4 Å². The molecule has 5 aliphatic carbocycles. The number of likely N-dealkylation sites (tertiary alicyclic amines) is 1. The molecule has 9 nitrogen and oxygen atoms in total. The molecule has 332 valence electrons. The summed E-state index contributed by atoms with van der Waals surface area (Å²) < 4.78 is 6.20. The number of hydrogen-bond donors (Lipinski definition) is 2. The molecule has 5 fully saturated rings. The van der Waals surface area contributed by atoms with Gasteiger partial charge in [-0.3, -0.25) is 24.1 Å². The van der Waals surface area contributed by atoms with Crippen LogP contribution < -0.4 is 0 Å². The van der Waals surface area contributed by atoms with Crippen LogP contribution in [-0.2, 0) is 30.5 Å². The molecule has 0 aromatic heterocycles. The zero-order valence-electron chi connectivity index (χ0n) is 38.0. The molecule has 2 N–H and O–H groups in total. The number of nitrogens with zero attached hydrogens (tertiary/aromatic N) is 2. The van der Waals surface area contributed by atoms with Crippen LogP contribution in [0.2, 0.25) is 5.02 Å². The van der Waals surface area contributed by atoms with Crippen LogP contribution in [0.3, 0.4) is 0 Å². The summed E-state index contributed by atoms with van der Waals surface area (Å²) in [6.45, 7) is 22.7. The fourth-order valence-corrected chi connectivity index (χ4v) is 14.7. The Morgan fingerprint density at radius 2 is 1.65 bits per heavy atom. The van der Waals surface area contributed by atoms with Crippen molar-refractivity contribution in [1.82, 2.24) is 9.80 Å². The third-order valence-corrected chi connectivity index (χ3v) is 18.4. The van der Waals surface area contributed by atoms with Crippen molar-refractivity contribution in [3.63, 3.8) is 0 Å². The molecule has 0 radical (unpaired) electrons. The van der Waals surface area contributed by atoms with Crippen molar-refractivity contribution in [3.05, 3.63) is 46.0 Å². The molecule has 4 saturated carbocycles. The van der Waals surface area contributed by atoms with Crippen molar-refractivity contribution in [2.75, 3.05) is 26.2 Å². The van der Waals surface area contributed by atoms with E-state index in [1.54, 1.807) is 13.8 Å². The summed E-state index contributed by atoms with van der Waals surface area (Å²) in [5, 5.41) is 23.1. The van der Waals surface area contributed by atoms with E-state index in [0.29, 0.717) is 55.9 Å². The van der Waals surface area contributed by atoms with Crippen molar-refractivity contribution in [3.8, 4) is 0 Å². The fraction of sp³-hybridized carbons (Fsp3) is 0.760. The summed E-state index contributed by atoms with van der Waals surface area (Å²) in [6, 6.07) is 7.87. The van der Waals surface area contributed by atoms with Gasteiger partial charge in [-0.05, 0) is 135 Å². The van der Waals surface area contributed by atoms with Gasteiger partial charge in [-0.15, -0.1) is 0 Å². The Morgan fingerprint density at radius 3 is 2.28 bits per heavy atom. The highest BCUT2D eigenvalue weighted by Gasteiger charge is 2.71. The number of ketones is 1. The van der Waals surface area contributed by atoms with Gasteiger partial charge >= 0.3 is 11.9 Å². The molecular formula is C50H73ClN2O7. The van der Waals surface area contributed by atoms with Gasteiger partial charge in [0.25, 0.3) is 0 Å². The average molecular weight is 850 g/mol. The van der Waals surface area contributed by atoms with E-state index in [2.05, 4.69) is 53.4 Å². The zero-order valence-corrected chi connectivity index (χ0v) is 38.8. The van der Waals surface area contributed by atoms with Gasteiger partial charge in [0.15, 0.2) is 5.78 Å². The molecule has 9 unspecified atom stereocenters. The van der Waals surface area contributed by atoms with Gasteiger partial charge in [-0.1, -0.05) is 77.8 Å². The van der Waals surface area contributed by atoms with Crippen LogP contribution in [0.1, 0.15) is 145 Å². The predicted molar refractivity (Wildman–Crippen MR) is 234 cm³/mol. The number of aliphatic hydroxyl groups is 1. The molecule has 1 amide bonds. The highest BCUT2D eigenvalue weighted by atomic mass is 35.5. The van der Waals surface area contributed by atoms with Crippen molar-refractivity contribution in [1.29, 1.82) is 0 Å². The topological polar surface area (TPSA) is 124 Å². The lowest BCUT2D eigenvalue weighted by Crippen LogP contribution is -2.66. The molecule has 60 heavy (non-hydrogen) atoms. The number of ether oxygens (including phenoxy) is 1. The minimum atomic E-state index is -1.18. The van der Waals surface area contributed by atoms with E-state index in [-0.39, 0.29) is 57.7 Å². The lowest BCUT2D eigenvalue weighted by Gasteiger charge is -2.72. The SMILES string of the molecule is CC(C)C1=C2C3CCC4C5(C)CCC(OC(=O)CC(C)(C)C(=O)O)C(C)(C)C5CCC4(C)C3(C)CCC2(C(O)CN(CCN2CCCC2=O)Cc2ccc(Cl)cc2)CC1=O. The average Bonchev–Trinajstić information content (AvgIpc) is 3.72. The van der Waals surface area contributed by atoms with Crippen molar-refractivity contribution >= 4 is 35.2 Å². The molecule has 6 aliphatic rings. The number of Topliss-reactive ketones (excluding diaryl/α,β-unsaturated/α-hetero) is 1. The van der Waals surface area contributed by atoms with E-state index in [0.717, 1.165) is 75.5 Å². The van der Waals surface area contributed by atoms with E-state index in [1.807, 2.05) is 29.2 Å². The number of aliphatic carboxylic acids is 1. The first-order valence-corrected chi connectivity index (χ1v) is 23.5. The number of halogens is 1. The maximum atomic E-state index is 14.4. The number of carbonyl (C=O) groups excluding carboxylic acids is 3. The van der Waals surface area contributed by atoms with Crippen molar-refractivity contribution < 1.29 is 34.1 Å². The number of amides is 1. The Labute approximate surface area is 364 Å². The quantitative estimate of drug-likeness (QED) is 0.188. The normalized spacial score (nSPS) is 35.6. The van der Waals surface area contributed by atoms with Crippen LogP contribution in [0, 0.1) is 56.2 Å². The van der Waals surface area contributed by atoms with Crippen molar-refractivity contribution in [2.45, 2.75) is 158 Å². The molecule has 9 atom stereocenters. The van der Waals surface area contributed by atoms with E-state index >= 15 is 0 Å². The molecule has 0 spiro atoms. The number of carboxylic acid groups (broad SMARTS) is 1. The maximum absolute atomic E-state index is 14.4. The van der Waals surface area contributed by atoms with Crippen LogP contribution >= 0.6 is 11.6 Å². The molecule has 10 heteroatoms. The van der Waals surface area contributed by atoms with E-state index in [9.17, 15) is 29.4 Å². The van der Waals surface area contributed by atoms with Gasteiger partial charge in [-0.2, -0.15) is 0 Å². The Balaban J connectivity index is 1.16. The largest absolute Gasteiger partial charge is 0.481 e. The first-order valence-electron chi connectivity index (χ1n) is 23.1. The molecule has 1 aromatic rings. The van der Waals surface area contributed by atoms with Crippen LogP contribution in [0.25, 0.3) is 0 Å². The number of carboxylic acids is 1. The van der Waals surface area contributed by atoms with Crippen LogP contribution in [0.4, 0.5) is 0 Å². The van der Waals surface area contributed by atoms with Gasteiger partial charge in [0.05, 0.1) is 17.9 Å². The third-order valence-electron chi connectivity index (χ3n) is 18.1. The summed E-state index contributed by atoms with van der Waals surface area (Å²) in [6.07, 6.45) is 8.25. The molecule has 1 heterocycles. The number of esters is 1. The van der Waals surface area contributed by atoms with E-state index in [1.165, 1.54) is 5.57 Å². The number of rotatable bonds is 13. The lowest BCUT2D eigenvalue weighted by atomic mass is 9.33. The number of benzene rings is 1. The van der Waals surface area contributed by atoms with Gasteiger partial charge in [0.1, 0.15) is 6.10 Å². The number of fused-ring (bicyclic) bond motifs is 7. The number of hydrogen-bond acceptors (Lipinski definition) is 7. The number of aliphatic hydroxyl groups excluding tert-OH is 1. The molecule has 1 saturated heterocycles. The lowest BCUT2D eigenvalue weighted by molar-refractivity contribution is -0.235. The zero-order chi connectivity index (χ0) is 43.8. The first-order chi connectivity index (χ1) is 28.0. The van der Waals surface area contributed by atoms with E-state index in [4.69, 9.17) is 16.3 Å². The summed E-state index contributed by atoms with van der Waals surface area (Å²) >= 11 is 6.27. The summed E-state index contributed by atoms with van der Waals surface area (Å²) in [5.74, 6) is 0.0288. The summed E-state index contributed by atoms with van der Waals surface area (Å²) in [5.41, 5.74) is 1.22. The summed E-state index contributed by atoms with van der Waals surface area (Å²) in [7, 11) is 0. The highest BCUT2D eigenvalue weighted by Crippen LogP contribution is 2.77. The van der Waals surface area contributed by atoms with E-state index < -0.39 is 28.9 Å². The number of carbonyl (C=O) groups is 4. The smallest absolute Gasteiger partial charge is 0.309 e. The second-order valence-corrected chi connectivity index (χ2v) is 22.9. The molecule has 7 rings (SSSR count). The second kappa shape index (κ2) is 16.1. The van der Waals surface area contributed by atoms with Crippen LogP contribution in [-0.4, -0.2) is 82.0 Å². The Hall–Kier alpha value is -2.75. The Kier molecular flexibility index (Phi) is 12.2. The minimum absolute atomic E-state index is 0.00694. The van der Waals surface area contributed by atoms with Gasteiger partial charge in [-0.25, -0.2) is 0 Å². The van der Waals surface area contributed by atoms with Gasteiger partial charge in [0.2, 0.25) is 5.91 Å². The molecule has 1 aromatic carbocycles. The standard InChI is InChI=1S/C50H73ClN2O7/c1-31(2)42-35(54)27-50(38(55)30-52(25-26-53-24-10-11-40(53)56)29-32-12-14-33(51)15-13-32)23-22-48(8)34(43(42)50)16-17-37-47(7)20-19-39(60-41(57)28-45(3,4)44(58)59)46(5,6)36(47)18-21-49(37,48)9/h12-15,31,34,36-39,55H,10-11,16-30H2,1-9H3,(H,58,59). The van der Waals surface area contributed by atoms with Crippen molar-refractivity contribution in [2.24, 2.45) is 56.2 Å². The maximum Gasteiger partial charge on any atom is 0.309 e.